The summed E-state index contributed by atoms with van der Waals surface area (Å²) in [5.74, 6) is 0.680. The predicted octanol–water partition coefficient (Wildman–Crippen LogP) is 5.14. The lowest BCUT2D eigenvalue weighted by Crippen LogP contribution is -2.49. The van der Waals surface area contributed by atoms with Crippen molar-refractivity contribution in [2.24, 2.45) is 29.4 Å². The highest BCUT2D eigenvalue weighted by atomic mass is 16.5. The summed E-state index contributed by atoms with van der Waals surface area (Å²) in [6.45, 7) is 3.03. The Bertz CT molecular complexity index is 1250. The molecule has 1 saturated heterocycles. The number of likely N-dealkylation sites (tertiary alicyclic amines) is 1. The molecule has 5 rings (SSSR count). The first-order valence-electron chi connectivity index (χ1n) is 16.6. The van der Waals surface area contributed by atoms with E-state index in [4.69, 9.17) is 24.4 Å². The first-order valence-corrected chi connectivity index (χ1v) is 16.6. The number of amides is 2. The van der Waals surface area contributed by atoms with Crippen molar-refractivity contribution in [1.29, 1.82) is 0 Å². The zero-order chi connectivity index (χ0) is 30.9. The van der Waals surface area contributed by atoms with Gasteiger partial charge >= 0.3 is 5.97 Å². The van der Waals surface area contributed by atoms with Gasteiger partial charge in [0.1, 0.15) is 11.6 Å². The lowest BCUT2D eigenvalue weighted by atomic mass is 9.76. The summed E-state index contributed by atoms with van der Waals surface area (Å²) in [6, 6.07) is 6.50. The maximum Gasteiger partial charge on any atom is 0.374 e. The van der Waals surface area contributed by atoms with Gasteiger partial charge in [-0.3, -0.25) is 9.59 Å². The minimum Gasteiger partial charge on any atom is -0.460 e. The van der Waals surface area contributed by atoms with Crippen LogP contribution in [0, 0.1) is 23.7 Å². The third-order valence-electron chi connectivity index (χ3n) is 9.86. The van der Waals surface area contributed by atoms with Crippen molar-refractivity contribution in [3.05, 3.63) is 30.0 Å². The fraction of sp³-hybridized carbons (Fsp3) is 0.676. The molecular weight excluding hydrogens is 562 g/mol. The smallest absolute Gasteiger partial charge is 0.374 e. The molecule has 242 valence electrons. The number of rotatable bonds is 13. The summed E-state index contributed by atoms with van der Waals surface area (Å²) in [5.41, 5.74) is 7.03. The predicted molar refractivity (Wildman–Crippen MR) is 167 cm³/mol. The van der Waals surface area contributed by atoms with Gasteiger partial charge < -0.3 is 34.6 Å². The number of ether oxygens (including phenoxy) is 3. The fourth-order valence-corrected chi connectivity index (χ4v) is 7.41. The Hall–Kier alpha value is -2.95. The number of benzene rings is 1. The highest BCUT2D eigenvalue weighted by Crippen LogP contribution is 2.41. The summed E-state index contributed by atoms with van der Waals surface area (Å²) in [4.78, 5) is 42.3. The molecule has 3 aliphatic rings. The van der Waals surface area contributed by atoms with Crippen LogP contribution in [-0.4, -0.2) is 75.4 Å². The largest absolute Gasteiger partial charge is 0.460 e. The topological polar surface area (TPSA) is 133 Å². The van der Waals surface area contributed by atoms with Crippen molar-refractivity contribution in [3.8, 4) is 0 Å². The van der Waals surface area contributed by atoms with Gasteiger partial charge in [0.2, 0.25) is 17.6 Å². The van der Waals surface area contributed by atoms with Crippen LogP contribution in [0.25, 0.3) is 11.0 Å². The Kier molecular flexibility index (Phi) is 11.7. The Labute approximate surface area is 260 Å². The van der Waals surface area contributed by atoms with Crippen LogP contribution >= 0.6 is 0 Å². The van der Waals surface area contributed by atoms with Crippen molar-refractivity contribution in [3.63, 3.8) is 0 Å². The number of furan rings is 1. The quantitative estimate of drug-likeness (QED) is 0.235. The molecule has 2 saturated carbocycles. The molecule has 1 aliphatic heterocycles. The van der Waals surface area contributed by atoms with Crippen molar-refractivity contribution < 1.29 is 33.0 Å². The zero-order valence-corrected chi connectivity index (χ0v) is 26.1. The van der Waals surface area contributed by atoms with Crippen LogP contribution in [0.4, 0.5) is 5.69 Å². The Morgan fingerprint density at radius 1 is 0.955 bits per heavy atom. The number of nitrogens with zero attached hydrogens (tertiary/aromatic N) is 1. The van der Waals surface area contributed by atoms with Gasteiger partial charge in [0.15, 0.2) is 0 Å². The van der Waals surface area contributed by atoms with Gasteiger partial charge in [-0.05, 0) is 80.7 Å². The SMILES string of the molecule is COCCOCCCOC(=O)c1cc2cc(NC(=O)[C@@H]3[C@H](C4CCCCC4)CCN3C(=O)C3CCC(CN)CC3)ccc2o1. The molecule has 1 aromatic carbocycles. The lowest BCUT2D eigenvalue weighted by Gasteiger charge is -2.36. The molecule has 2 amide bonds. The zero-order valence-electron chi connectivity index (χ0n) is 26.1. The summed E-state index contributed by atoms with van der Waals surface area (Å²) in [5, 5.41) is 3.81. The maximum atomic E-state index is 14.0. The first kappa shape index (κ1) is 32.4. The minimum atomic E-state index is -0.542. The van der Waals surface area contributed by atoms with E-state index >= 15 is 0 Å². The highest BCUT2D eigenvalue weighted by molar-refractivity contribution is 6.00. The highest BCUT2D eigenvalue weighted by Gasteiger charge is 2.46. The second-order valence-corrected chi connectivity index (χ2v) is 12.7. The minimum absolute atomic E-state index is 0.0261. The van der Waals surface area contributed by atoms with E-state index in [0.717, 1.165) is 44.9 Å². The second-order valence-electron chi connectivity index (χ2n) is 12.7. The molecule has 3 N–H and O–H groups in total. The van der Waals surface area contributed by atoms with Crippen LogP contribution in [0.3, 0.4) is 0 Å². The Morgan fingerprint density at radius 2 is 1.75 bits per heavy atom. The van der Waals surface area contributed by atoms with Gasteiger partial charge in [0, 0.05) is 43.7 Å². The molecule has 10 heteroatoms. The van der Waals surface area contributed by atoms with Crippen LogP contribution < -0.4 is 11.1 Å². The number of nitrogens with one attached hydrogen (secondary N) is 1. The van der Waals surface area contributed by atoms with E-state index in [1.807, 2.05) is 11.0 Å². The van der Waals surface area contributed by atoms with Crippen LogP contribution in [0.15, 0.2) is 28.7 Å². The Morgan fingerprint density at radius 3 is 2.50 bits per heavy atom. The van der Waals surface area contributed by atoms with E-state index in [9.17, 15) is 14.4 Å². The van der Waals surface area contributed by atoms with Crippen molar-refractivity contribution in [2.75, 3.05) is 51.9 Å². The molecule has 1 aromatic heterocycles. The van der Waals surface area contributed by atoms with E-state index in [-0.39, 0.29) is 36.0 Å². The second kappa shape index (κ2) is 15.9. The van der Waals surface area contributed by atoms with E-state index in [2.05, 4.69) is 5.32 Å². The molecule has 0 radical (unpaired) electrons. The standard InChI is InChI=1S/C34H49N3O7/c1-41-18-19-42-16-5-17-43-34(40)30-21-26-20-27(12-13-29(26)44-30)36-32(38)31-28(24-6-3-2-4-7-24)14-15-37(31)33(39)25-10-8-23(22-35)9-11-25/h12-13,20-21,23-25,28,31H,2-11,14-19,22,35H2,1H3,(H,36,38)/t23?,25?,28-,31-/m0/s1. The van der Waals surface area contributed by atoms with E-state index in [0.29, 0.717) is 67.8 Å². The number of fused-ring (bicyclic) bond motifs is 1. The van der Waals surface area contributed by atoms with Gasteiger partial charge in [-0.15, -0.1) is 0 Å². The lowest BCUT2D eigenvalue weighted by molar-refractivity contribution is -0.142. The van der Waals surface area contributed by atoms with E-state index in [1.165, 1.54) is 19.3 Å². The number of anilines is 1. The van der Waals surface area contributed by atoms with Crippen molar-refractivity contribution >= 4 is 34.4 Å². The average Bonchev–Trinajstić information content (AvgIpc) is 3.69. The molecule has 2 aliphatic carbocycles. The first-order chi connectivity index (χ1) is 21.5. The molecule has 0 spiro atoms. The van der Waals surface area contributed by atoms with Crippen molar-refractivity contribution in [1.82, 2.24) is 4.90 Å². The molecular formula is C34H49N3O7. The monoisotopic (exact) mass is 611 g/mol. The van der Waals surface area contributed by atoms with Gasteiger partial charge in [-0.25, -0.2) is 4.79 Å². The number of nitrogens with two attached hydrogens (primary N) is 1. The van der Waals surface area contributed by atoms with Crippen molar-refractivity contribution in [2.45, 2.75) is 76.7 Å². The summed E-state index contributed by atoms with van der Waals surface area (Å²) in [6.07, 6.45) is 11.0. The third-order valence-corrected chi connectivity index (χ3v) is 9.86. The average molecular weight is 612 g/mol. The molecule has 44 heavy (non-hydrogen) atoms. The summed E-state index contributed by atoms with van der Waals surface area (Å²) >= 11 is 0. The molecule has 10 nitrogen and oxygen atoms in total. The van der Waals surface area contributed by atoms with Crippen LogP contribution in [-0.2, 0) is 23.8 Å². The normalized spacial score (nSPS) is 24.5. The van der Waals surface area contributed by atoms with Gasteiger partial charge in [-0.2, -0.15) is 0 Å². The molecule has 2 heterocycles. The molecule has 2 atom stereocenters. The van der Waals surface area contributed by atoms with Gasteiger partial charge in [0.25, 0.3) is 0 Å². The van der Waals surface area contributed by atoms with Crippen LogP contribution in [0.5, 0.6) is 0 Å². The number of hydrogen-bond acceptors (Lipinski definition) is 8. The van der Waals surface area contributed by atoms with Gasteiger partial charge in [-0.1, -0.05) is 32.1 Å². The number of carbonyl (C=O) groups excluding carboxylic acids is 3. The molecule has 2 aromatic rings. The Balaban J connectivity index is 1.24. The molecule has 3 fully saturated rings. The third kappa shape index (κ3) is 8.00. The number of esters is 1. The molecule has 0 bridgehead atoms. The number of carbonyl (C=O) groups is 3. The number of hydrogen-bond donors (Lipinski definition) is 2. The van der Waals surface area contributed by atoms with Crippen LogP contribution in [0.2, 0.25) is 0 Å². The number of methoxy groups -OCH3 is 1. The summed E-state index contributed by atoms with van der Waals surface area (Å²) < 4.78 is 21.4. The summed E-state index contributed by atoms with van der Waals surface area (Å²) in [7, 11) is 1.62. The maximum absolute atomic E-state index is 14.0. The van der Waals surface area contributed by atoms with Gasteiger partial charge in [0.05, 0.1) is 19.8 Å². The fourth-order valence-electron chi connectivity index (χ4n) is 7.41. The van der Waals surface area contributed by atoms with Crippen LogP contribution in [0.1, 0.15) is 81.2 Å². The molecule has 0 unspecified atom stereocenters. The van der Waals surface area contributed by atoms with E-state index in [1.54, 1.807) is 25.3 Å². The van der Waals surface area contributed by atoms with E-state index < -0.39 is 12.0 Å².